The molecule has 0 bridgehead atoms. The molecule has 0 unspecified atom stereocenters. The summed E-state index contributed by atoms with van der Waals surface area (Å²) in [6, 6.07) is 4.63. The first-order valence-corrected chi connectivity index (χ1v) is 4.84. The number of rotatable bonds is 0. The highest BCUT2D eigenvalue weighted by atomic mass is 35.5. The van der Waals surface area contributed by atoms with Gasteiger partial charge in [0.1, 0.15) is 0 Å². The van der Waals surface area contributed by atoms with Crippen LogP contribution in [0.2, 0.25) is 5.02 Å². The van der Waals surface area contributed by atoms with E-state index in [9.17, 15) is 9.59 Å². The number of amides is 3. The van der Waals surface area contributed by atoms with Gasteiger partial charge in [-0.05, 0) is 23.8 Å². The lowest BCUT2D eigenvalue weighted by Gasteiger charge is -2.14. The Labute approximate surface area is 91.8 Å². The second kappa shape index (κ2) is 3.55. The summed E-state index contributed by atoms with van der Waals surface area (Å²) in [5, 5.41) is 3.00. The van der Waals surface area contributed by atoms with E-state index in [1.807, 2.05) is 0 Å². The number of fused-ring (bicyclic) bond motifs is 1. The summed E-state index contributed by atoms with van der Waals surface area (Å²) in [6.07, 6.45) is 0.226. The van der Waals surface area contributed by atoms with Gasteiger partial charge in [0.05, 0.1) is 12.1 Å². The molecule has 1 heterocycles. The standard InChI is InChI=1S/C10H9ClN2O2/c1-12-10(15)13-8-3-2-7(11)4-6(8)5-9(13)14/h2-4H,5H2,1H3,(H,12,15). The third kappa shape index (κ3) is 1.57. The SMILES string of the molecule is CNC(=O)N1C(=O)Cc2cc(Cl)ccc21. The molecule has 1 N–H and O–H groups in total. The van der Waals surface area contributed by atoms with E-state index in [2.05, 4.69) is 5.32 Å². The molecule has 1 aromatic rings. The highest BCUT2D eigenvalue weighted by molar-refractivity contribution is 6.31. The second-order valence-electron chi connectivity index (χ2n) is 3.23. The molecule has 1 aromatic carbocycles. The van der Waals surface area contributed by atoms with Crippen molar-refractivity contribution in [2.75, 3.05) is 11.9 Å². The van der Waals surface area contributed by atoms with Crippen molar-refractivity contribution >= 4 is 29.2 Å². The quantitative estimate of drug-likeness (QED) is 0.727. The third-order valence-corrected chi connectivity index (χ3v) is 2.53. The van der Waals surface area contributed by atoms with Gasteiger partial charge >= 0.3 is 6.03 Å². The van der Waals surface area contributed by atoms with Crippen molar-refractivity contribution in [3.05, 3.63) is 28.8 Å². The van der Waals surface area contributed by atoms with Gasteiger partial charge in [-0.1, -0.05) is 11.6 Å². The van der Waals surface area contributed by atoms with E-state index in [1.54, 1.807) is 18.2 Å². The number of imide groups is 1. The molecule has 2 rings (SSSR count). The number of hydrogen-bond acceptors (Lipinski definition) is 2. The number of carbonyl (C=O) groups is 2. The summed E-state index contributed by atoms with van der Waals surface area (Å²) in [7, 11) is 1.49. The molecule has 0 radical (unpaired) electrons. The topological polar surface area (TPSA) is 49.4 Å². The maximum Gasteiger partial charge on any atom is 0.328 e. The van der Waals surface area contributed by atoms with Crippen molar-refractivity contribution in [3.63, 3.8) is 0 Å². The van der Waals surface area contributed by atoms with Gasteiger partial charge in [0.2, 0.25) is 5.91 Å². The zero-order valence-electron chi connectivity index (χ0n) is 8.08. The molecule has 0 saturated carbocycles. The smallest absolute Gasteiger partial charge is 0.328 e. The Morgan fingerprint density at radius 3 is 2.93 bits per heavy atom. The zero-order chi connectivity index (χ0) is 11.0. The van der Waals surface area contributed by atoms with E-state index in [0.717, 1.165) is 10.5 Å². The second-order valence-corrected chi connectivity index (χ2v) is 3.67. The highest BCUT2D eigenvalue weighted by Crippen LogP contribution is 2.30. The van der Waals surface area contributed by atoms with Crippen LogP contribution in [0.4, 0.5) is 10.5 Å². The first-order chi connectivity index (χ1) is 7.13. The van der Waals surface area contributed by atoms with Crippen molar-refractivity contribution in [1.82, 2.24) is 5.32 Å². The van der Waals surface area contributed by atoms with Crippen molar-refractivity contribution in [2.45, 2.75) is 6.42 Å². The van der Waals surface area contributed by atoms with Gasteiger partial charge in [0, 0.05) is 12.1 Å². The number of hydrogen-bond donors (Lipinski definition) is 1. The van der Waals surface area contributed by atoms with E-state index in [-0.39, 0.29) is 12.3 Å². The van der Waals surface area contributed by atoms with Crippen molar-refractivity contribution in [2.24, 2.45) is 0 Å². The van der Waals surface area contributed by atoms with Gasteiger partial charge in [-0.3, -0.25) is 4.79 Å². The first kappa shape index (κ1) is 9.98. The maximum absolute atomic E-state index is 11.6. The van der Waals surface area contributed by atoms with Gasteiger partial charge in [-0.25, -0.2) is 9.69 Å². The van der Waals surface area contributed by atoms with E-state index in [0.29, 0.717) is 10.7 Å². The molecule has 15 heavy (non-hydrogen) atoms. The molecule has 0 aromatic heterocycles. The van der Waals surface area contributed by atoms with Crippen LogP contribution >= 0.6 is 11.6 Å². The van der Waals surface area contributed by atoms with Crippen molar-refractivity contribution < 1.29 is 9.59 Å². The lowest BCUT2D eigenvalue weighted by Crippen LogP contribution is -2.40. The first-order valence-electron chi connectivity index (χ1n) is 4.46. The summed E-state index contributed by atoms with van der Waals surface area (Å²) in [5.74, 6) is -0.230. The minimum Gasteiger partial charge on any atom is -0.340 e. The number of nitrogens with one attached hydrogen (secondary N) is 1. The molecule has 0 atom stereocenters. The van der Waals surface area contributed by atoms with Crippen LogP contribution in [-0.4, -0.2) is 19.0 Å². The van der Waals surface area contributed by atoms with Crippen molar-refractivity contribution in [1.29, 1.82) is 0 Å². The lowest BCUT2D eigenvalue weighted by atomic mass is 10.2. The Morgan fingerprint density at radius 2 is 2.27 bits per heavy atom. The maximum atomic E-state index is 11.6. The number of halogens is 1. The largest absolute Gasteiger partial charge is 0.340 e. The highest BCUT2D eigenvalue weighted by Gasteiger charge is 2.31. The van der Waals surface area contributed by atoms with Crippen LogP contribution < -0.4 is 10.2 Å². The molecule has 78 valence electrons. The fourth-order valence-corrected chi connectivity index (χ4v) is 1.82. The Hall–Kier alpha value is -1.55. The van der Waals surface area contributed by atoms with Crippen LogP contribution in [0.5, 0.6) is 0 Å². The molecule has 0 spiro atoms. The fraction of sp³-hybridized carbons (Fsp3) is 0.200. The minimum atomic E-state index is -0.416. The Kier molecular flexibility index (Phi) is 2.36. The Bertz CT molecular complexity index is 445. The molecule has 1 aliphatic rings. The summed E-state index contributed by atoms with van der Waals surface area (Å²) >= 11 is 5.80. The zero-order valence-corrected chi connectivity index (χ0v) is 8.84. The average Bonchev–Trinajstić information content (AvgIpc) is 2.52. The molecule has 0 aliphatic carbocycles. The molecular weight excluding hydrogens is 216 g/mol. The van der Waals surface area contributed by atoms with Gasteiger partial charge in [0.15, 0.2) is 0 Å². The van der Waals surface area contributed by atoms with Crippen LogP contribution in [0, 0.1) is 0 Å². The third-order valence-electron chi connectivity index (χ3n) is 2.29. The Morgan fingerprint density at radius 1 is 1.53 bits per heavy atom. The van der Waals surface area contributed by atoms with Crippen molar-refractivity contribution in [3.8, 4) is 0 Å². The van der Waals surface area contributed by atoms with Gasteiger partial charge in [-0.15, -0.1) is 0 Å². The summed E-state index contributed by atoms with van der Waals surface area (Å²) < 4.78 is 0. The summed E-state index contributed by atoms with van der Waals surface area (Å²) in [4.78, 5) is 24.1. The fourth-order valence-electron chi connectivity index (χ4n) is 1.62. The predicted octanol–water partition coefficient (Wildman–Crippen LogP) is 1.57. The van der Waals surface area contributed by atoms with Crippen LogP contribution in [0.3, 0.4) is 0 Å². The van der Waals surface area contributed by atoms with Gasteiger partial charge in [-0.2, -0.15) is 0 Å². The molecule has 1 aliphatic heterocycles. The number of anilines is 1. The van der Waals surface area contributed by atoms with Crippen LogP contribution in [-0.2, 0) is 11.2 Å². The van der Waals surface area contributed by atoms with Crippen LogP contribution in [0.15, 0.2) is 18.2 Å². The van der Waals surface area contributed by atoms with E-state index in [1.165, 1.54) is 7.05 Å². The van der Waals surface area contributed by atoms with E-state index >= 15 is 0 Å². The number of nitrogens with zero attached hydrogens (tertiary/aromatic N) is 1. The van der Waals surface area contributed by atoms with Gasteiger partial charge < -0.3 is 5.32 Å². The van der Waals surface area contributed by atoms with Crippen LogP contribution in [0.25, 0.3) is 0 Å². The summed E-state index contributed by atoms with van der Waals surface area (Å²) in [5.41, 5.74) is 1.40. The molecular formula is C10H9ClN2O2. The van der Waals surface area contributed by atoms with E-state index in [4.69, 9.17) is 11.6 Å². The predicted molar refractivity (Wildman–Crippen MR) is 57.1 cm³/mol. The lowest BCUT2D eigenvalue weighted by molar-refractivity contribution is -0.116. The van der Waals surface area contributed by atoms with Crippen LogP contribution in [0.1, 0.15) is 5.56 Å². The normalized spacial score (nSPS) is 14.0. The molecule has 5 heteroatoms. The van der Waals surface area contributed by atoms with E-state index < -0.39 is 6.03 Å². The Balaban J connectivity index is 2.46. The number of urea groups is 1. The number of benzene rings is 1. The monoisotopic (exact) mass is 224 g/mol. The molecule has 3 amide bonds. The molecule has 0 saturated heterocycles. The average molecular weight is 225 g/mol. The minimum absolute atomic E-state index is 0.226. The molecule has 0 fully saturated rings. The number of carbonyl (C=O) groups excluding carboxylic acids is 2. The van der Waals surface area contributed by atoms with Gasteiger partial charge in [0.25, 0.3) is 0 Å². The summed E-state index contributed by atoms with van der Waals surface area (Å²) in [6.45, 7) is 0. The molecule has 4 nitrogen and oxygen atoms in total.